The molecule has 1 N–H and O–H groups in total. The van der Waals surface area contributed by atoms with Gasteiger partial charge in [-0.3, -0.25) is 4.79 Å². The average molecular weight is 320 g/mol. The van der Waals surface area contributed by atoms with E-state index in [0.717, 1.165) is 47.2 Å². The molecule has 0 fully saturated rings. The lowest BCUT2D eigenvalue weighted by atomic mass is 10.1. The van der Waals surface area contributed by atoms with Crippen molar-refractivity contribution in [2.45, 2.75) is 66.3 Å². The van der Waals surface area contributed by atoms with Gasteiger partial charge in [-0.25, -0.2) is 0 Å². The largest absolute Gasteiger partial charge is 0.320 e. The van der Waals surface area contributed by atoms with E-state index in [1.807, 2.05) is 6.07 Å². The molecule has 3 heteroatoms. The third kappa shape index (κ3) is 5.07. The third-order valence-electron chi connectivity index (χ3n) is 4.93. The number of anilines is 1. The van der Waals surface area contributed by atoms with Gasteiger partial charge in [0.25, 0.3) is 5.91 Å². The first-order chi connectivity index (χ1) is 10.9. The van der Waals surface area contributed by atoms with Crippen LogP contribution in [-0.4, -0.2) is 36.6 Å². The van der Waals surface area contributed by atoms with Gasteiger partial charge < -0.3 is 9.80 Å². The molecule has 0 aromatic heterocycles. The molecular weight excluding hydrogens is 284 g/mol. The predicted molar refractivity (Wildman–Crippen MR) is 99.7 cm³/mol. The van der Waals surface area contributed by atoms with Gasteiger partial charge in [0.2, 0.25) is 0 Å². The lowest BCUT2D eigenvalue weighted by Gasteiger charge is -2.40. The van der Waals surface area contributed by atoms with Crippen LogP contribution in [0.3, 0.4) is 0 Å². The fourth-order valence-corrected chi connectivity index (χ4v) is 3.58. The van der Waals surface area contributed by atoms with E-state index in [1.165, 1.54) is 12.8 Å². The molecule has 3 nitrogen and oxygen atoms in total. The molecule has 1 amide bonds. The summed E-state index contributed by atoms with van der Waals surface area (Å²) in [5.41, 5.74) is 3.24. The van der Waals surface area contributed by atoms with Gasteiger partial charge in [-0.05, 0) is 37.8 Å². The van der Waals surface area contributed by atoms with E-state index in [2.05, 4.69) is 59.1 Å². The molecule has 0 radical (unpaired) electrons. The molecule has 0 saturated carbocycles. The first kappa shape index (κ1) is 19.7. The van der Waals surface area contributed by atoms with E-state index in [-0.39, 0.29) is 11.9 Å². The molecule has 2 unspecified atom stereocenters. The van der Waals surface area contributed by atoms with E-state index in [0.29, 0.717) is 0 Å². The van der Waals surface area contributed by atoms with Crippen molar-refractivity contribution in [2.24, 2.45) is 0 Å². The SMILES string of the molecule is CCCC[N+](C)(CCC)C(CC)C(=O)Nc1c(C)cccc1C. The molecule has 1 aromatic rings. The van der Waals surface area contributed by atoms with Crippen LogP contribution in [0, 0.1) is 13.8 Å². The topological polar surface area (TPSA) is 29.1 Å². The Labute approximate surface area is 142 Å². The number of benzene rings is 1. The van der Waals surface area contributed by atoms with Gasteiger partial charge in [-0.2, -0.15) is 0 Å². The van der Waals surface area contributed by atoms with Crippen LogP contribution in [0.15, 0.2) is 18.2 Å². The van der Waals surface area contributed by atoms with Crippen LogP contribution in [0.4, 0.5) is 5.69 Å². The molecule has 2 atom stereocenters. The molecule has 0 saturated heterocycles. The van der Waals surface area contributed by atoms with Crippen LogP contribution in [0.5, 0.6) is 0 Å². The Bertz CT molecular complexity index is 492. The van der Waals surface area contributed by atoms with Crippen molar-refractivity contribution in [1.82, 2.24) is 0 Å². The van der Waals surface area contributed by atoms with Gasteiger partial charge in [0.05, 0.1) is 20.1 Å². The summed E-state index contributed by atoms with van der Waals surface area (Å²) >= 11 is 0. The second kappa shape index (κ2) is 9.07. The number of hydrogen-bond acceptors (Lipinski definition) is 1. The zero-order valence-electron chi connectivity index (χ0n) is 15.9. The molecule has 0 aliphatic carbocycles. The normalized spacial score (nSPS) is 15.0. The predicted octanol–water partition coefficient (Wildman–Crippen LogP) is 4.68. The maximum Gasteiger partial charge on any atom is 0.282 e. The molecule has 0 aliphatic rings. The van der Waals surface area contributed by atoms with E-state index in [9.17, 15) is 4.79 Å². The van der Waals surface area contributed by atoms with E-state index in [1.54, 1.807) is 0 Å². The second-order valence-electron chi connectivity index (χ2n) is 6.96. The van der Waals surface area contributed by atoms with Crippen molar-refractivity contribution in [3.8, 4) is 0 Å². The van der Waals surface area contributed by atoms with Gasteiger partial charge in [-0.15, -0.1) is 0 Å². The molecular formula is C20H35N2O+. The van der Waals surface area contributed by atoms with Crippen molar-refractivity contribution in [3.63, 3.8) is 0 Å². The summed E-state index contributed by atoms with van der Waals surface area (Å²) in [6.45, 7) is 12.8. The number of nitrogens with one attached hydrogen (secondary N) is 1. The lowest BCUT2D eigenvalue weighted by molar-refractivity contribution is -0.924. The number of aryl methyl sites for hydroxylation is 2. The fraction of sp³-hybridized carbons (Fsp3) is 0.650. The van der Waals surface area contributed by atoms with Gasteiger partial charge in [0.1, 0.15) is 0 Å². The summed E-state index contributed by atoms with van der Waals surface area (Å²) in [5, 5.41) is 3.22. The quantitative estimate of drug-likeness (QED) is 0.658. The minimum atomic E-state index is 0.0144. The zero-order valence-corrected chi connectivity index (χ0v) is 15.9. The van der Waals surface area contributed by atoms with Crippen LogP contribution in [0.1, 0.15) is 57.6 Å². The van der Waals surface area contributed by atoms with Gasteiger partial charge in [0, 0.05) is 12.1 Å². The third-order valence-corrected chi connectivity index (χ3v) is 4.93. The van der Waals surface area contributed by atoms with Crippen LogP contribution in [0.2, 0.25) is 0 Å². The first-order valence-corrected chi connectivity index (χ1v) is 9.10. The van der Waals surface area contributed by atoms with Crippen LogP contribution in [0.25, 0.3) is 0 Å². The summed E-state index contributed by atoms with van der Waals surface area (Å²) in [4.78, 5) is 13.0. The molecule has 1 aromatic carbocycles. The number of quaternary nitrogens is 1. The molecule has 0 bridgehead atoms. The number of carbonyl (C=O) groups is 1. The Balaban J connectivity index is 3.00. The molecule has 0 heterocycles. The number of rotatable bonds is 9. The molecule has 1 rings (SSSR count). The highest BCUT2D eigenvalue weighted by Gasteiger charge is 2.36. The van der Waals surface area contributed by atoms with Crippen molar-refractivity contribution in [2.75, 3.05) is 25.5 Å². The Morgan fingerprint density at radius 1 is 1.09 bits per heavy atom. The van der Waals surface area contributed by atoms with Crippen LogP contribution < -0.4 is 5.32 Å². The Morgan fingerprint density at radius 2 is 1.70 bits per heavy atom. The minimum absolute atomic E-state index is 0.0144. The second-order valence-corrected chi connectivity index (χ2v) is 6.96. The van der Waals surface area contributed by atoms with Gasteiger partial charge >= 0.3 is 0 Å². The van der Waals surface area contributed by atoms with Crippen molar-refractivity contribution >= 4 is 11.6 Å². The highest BCUT2D eigenvalue weighted by atomic mass is 16.2. The summed E-state index contributed by atoms with van der Waals surface area (Å²) in [6.07, 6.45) is 4.32. The van der Waals surface area contributed by atoms with Gasteiger partial charge in [-0.1, -0.05) is 45.4 Å². The monoisotopic (exact) mass is 319 g/mol. The molecule has 0 aliphatic heterocycles. The van der Waals surface area contributed by atoms with E-state index in [4.69, 9.17) is 0 Å². The number of hydrogen-bond donors (Lipinski definition) is 1. The molecule has 130 valence electrons. The zero-order chi connectivity index (χ0) is 17.5. The first-order valence-electron chi connectivity index (χ1n) is 9.10. The standard InChI is InChI=1S/C20H34N2O/c1-7-10-15-22(6,14-8-2)18(9-3)20(23)21-19-16(4)12-11-13-17(19)5/h11-13,18H,7-10,14-15H2,1-6H3/p+1. The fourth-order valence-electron chi connectivity index (χ4n) is 3.58. The Hall–Kier alpha value is -1.35. The number of nitrogens with zero attached hydrogens (tertiary/aromatic N) is 1. The maximum absolute atomic E-state index is 13.0. The van der Waals surface area contributed by atoms with E-state index < -0.39 is 0 Å². The highest BCUT2D eigenvalue weighted by molar-refractivity contribution is 5.95. The lowest BCUT2D eigenvalue weighted by Crippen LogP contribution is -2.58. The Kier molecular flexibility index (Phi) is 7.77. The van der Waals surface area contributed by atoms with Crippen molar-refractivity contribution in [3.05, 3.63) is 29.3 Å². The summed E-state index contributed by atoms with van der Waals surface area (Å²) < 4.78 is 0.845. The summed E-state index contributed by atoms with van der Waals surface area (Å²) in [5.74, 6) is 0.164. The van der Waals surface area contributed by atoms with Crippen LogP contribution >= 0.6 is 0 Å². The highest BCUT2D eigenvalue weighted by Crippen LogP contribution is 2.23. The van der Waals surface area contributed by atoms with E-state index >= 15 is 0 Å². The molecule has 23 heavy (non-hydrogen) atoms. The molecule has 0 spiro atoms. The summed E-state index contributed by atoms with van der Waals surface area (Å²) in [6, 6.07) is 6.16. The number of amides is 1. The smallest absolute Gasteiger partial charge is 0.282 e. The number of likely N-dealkylation sites (N-methyl/N-ethyl adjacent to an activating group) is 1. The van der Waals surface area contributed by atoms with Crippen LogP contribution in [-0.2, 0) is 4.79 Å². The van der Waals surface area contributed by atoms with Crippen molar-refractivity contribution < 1.29 is 9.28 Å². The van der Waals surface area contributed by atoms with Crippen molar-refractivity contribution in [1.29, 1.82) is 0 Å². The minimum Gasteiger partial charge on any atom is -0.320 e. The number of carbonyl (C=O) groups excluding carboxylic acids is 1. The Morgan fingerprint density at radius 3 is 2.17 bits per heavy atom. The number of unbranched alkanes of at least 4 members (excludes halogenated alkanes) is 1. The van der Waals surface area contributed by atoms with Gasteiger partial charge in [0.15, 0.2) is 6.04 Å². The average Bonchev–Trinajstić information content (AvgIpc) is 2.50. The maximum atomic E-state index is 13.0. The number of para-hydroxylation sites is 1. The summed E-state index contributed by atoms with van der Waals surface area (Å²) in [7, 11) is 2.25.